The lowest BCUT2D eigenvalue weighted by Crippen LogP contribution is -2.43. The van der Waals surface area contributed by atoms with Gasteiger partial charge < -0.3 is 15.3 Å². The molecule has 1 saturated heterocycles. The largest absolute Gasteiger partial charge is 0.481 e. The molecule has 5 heteroatoms. The molecule has 110 valence electrons. The van der Waals surface area contributed by atoms with Gasteiger partial charge in [-0.05, 0) is 38.8 Å². The third-order valence-corrected chi connectivity index (χ3v) is 3.57. The highest BCUT2D eigenvalue weighted by Crippen LogP contribution is 2.17. The smallest absolute Gasteiger partial charge is 0.303 e. The van der Waals surface area contributed by atoms with E-state index >= 15 is 0 Å². The highest BCUT2D eigenvalue weighted by atomic mass is 16.4. The lowest BCUT2D eigenvalue weighted by atomic mass is 9.97. The van der Waals surface area contributed by atoms with Gasteiger partial charge in [-0.3, -0.25) is 9.59 Å². The normalized spacial score (nSPS) is 20.2. The van der Waals surface area contributed by atoms with Gasteiger partial charge in [-0.25, -0.2) is 0 Å². The van der Waals surface area contributed by atoms with E-state index in [1.165, 1.54) is 0 Å². The lowest BCUT2D eigenvalue weighted by molar-refractivity contribution is -0.137. The second-order valence-electron chi connectivity index (χ2n) is 5.28. The summed E-state index contributed by atoms with van der Waals surface area (Å²) in [5, 5.41) is 11.6. The molecule has 0 spiro atoms. The number of hydrogen-bond donors (Lipinski definition) is 2. The molecule has 2 N–H and O–H groups in total. The minimum Gasteiger partial charge on any atom is -0.481 e. The predicted octanol–water partition coefficient (Wildman–Crippen LogP) is 1.48. The molecule has 19 heavy (non-hydrogen) atoms. The van der Waals surface area contributed by atoms with Gasteiger partial charge in [0.05, 0.1) is 5.92 Å². The van der Waals surface area contributed by atoms with Crippen molar-refractivity contribution in [3.8, 4) is 0 Å². The van der Waals surface area contributed by atoms with Crippen LogP contribution in [0.5, 0.6) is 0 Å². The maximum absolute atomic E-state index is 12.0. The first kappa shape index (κ1) is 16.0. The minimum atomic E-state index is -0.745. The molecule has 1 aliphatic heterocycles. The number of amides is 1. The van der Waals surface area contributed by atoms with Crippen molar-refractivity contribution in [2.24, 2.45) is 5.92 Å². The zero-order valence-electron chi connectivity index (χ0n) is 11.9. The monoisotopic (exact) mass is 270 g/mol. The molecule has 0 aromatic rings. The molecule has 0 radical (unpaired) electrons. The van der Waals surface area contributed by atoms with Gasteiger partial charge in [0, 0.05) is 19.5 Å². The second-order valence-corrected chi connectivity index (χ2v) is 5.28. The fourth-order valence-electron chi connectivity index (χ4n) is 2.46. The van der Waals surface area contributed by atoms with Crippen LogP contribution >= 0.6 is 0 Å². The van der Waals surface area contributed by atoms with Crippen LogP contribution in [-0.2, 0) is 9.59 Å². The molecular weight excluding hydrogens is 244 g/mol. The molecule has 1 fully saturated rings. The summed E-state index contributed by atoms with van der Waals surface area (Å²) in [6.45, 7) is 5.42. The van der Waals surface area contributed by atoms with E-state index in [-0.39, 0.29) is 18.2 Å². The van der Waals surface area contributed by atoms with Crippen molar-refractivity contribution in [1.82, 2.24) is 10.2 Å². The first-order valence-corrected chi connectivity index (χ1v) is 7.35. The molecule has 0 aromatic heterocycles. The Morgan fingerprint density at radius 1 is 1.37 bits per heavy atom. The van der Waals surface area contributed by atoms with Gasteiger partial charge in [0.15, 0.2) is 0 Å². The zero-order chi connectivity index (χ0) is 14.1. The SMILES string of the molecule is CCCCNC(=O)C1CCCN(CCCC(=O)O)C1. The molecule has 1 heterocycles. The molecule has 0 aliphatic carbocycles. The molecule has 5 nitrogen and oxygen atoms in total. The van der Waals surface area contributed by atoms with Crippen LogP contribution in [0.1, 0.15) is 45.4 Å². The Labute approximate surface area is 115 Å². The van der Waals surface area contributed by atoms with Crippen LogP contribution in [0.4, 0.5) is 0 Å². The van der Waals surface area contributed by atoms with E-state index in [0.717, 1.165) is 51.9 Å². The highest BCUT2D eigenvalue weighted by molar-refractivity contribution is 5.78. The van der Waals surface area contributed by atoms with Gasteiger partial charge in [0.25, 0.3) is 0 Å². The fraction of sp³-hybridized carbons (Fsp3) is 0.857. The number of carboxylic acid groups (broad SMARTS) is 1. The first-order valence-electron chi connectivity index (χ1n) is 7.35. The van der Waals surface area contributed by atoms with Gasteiger partial charge in [0.2, 0.25) is 5.91 Å². The van der Waals surface area contributed by atoms with E-state index in [1.54, 1.807) is 0 Å². The topological polar surface area (TPSA) is 69.6 Å². The molecule has 1 unspecified atom stereocenters. The number of unbranched alkanes of at least 4 members (excludes halogenated alkanes) is 1. The molecular formula is C14H26N2O3. The van der Waals surface area contributed by atoms with E-state index in [4.69, 9.17) is 5.11 Å². The molecule has 0 saturated carbocycles. The van der Waals surface area contributed by atoms with Crippen molar-refractivity contribution in [3.05, 3.63) is 0 Å². The summed E-state index contributed by atoms with van der Waals surface area (Å²) >= 11 is 0. The number of nitrogens with zero attached hydrogens (tertiary/aromatic N) is 1. The van der Waals surface area contributed by atoms with Crippen molar-refractivity contribution < 1.29 is 14.7 Å². The van der Waals surface area contributed by atoms with Crippen LogP contribution in [0.3, 0.4) is 0 Å². The number of nitrogens with one attached hydrogen (secondary N) is 1. The lowest BCUT2D eigenvalue weighted by Gasteiger charge is -2.31. The molecule has 0 aromatic carbocycles. The average molecular weight is 270 g/mol. The van der Waals surface area contributed by atoms with Crippen molar-refractivity contribution in [2.75, 3.05) is 26.2 Å². The maximum Gasteiger partial charge on any atom is 0.303 e. The highest BCUT2D eigenvalue weighted by Gasteiger charge is 2.25. The summed E-state index contributed by atoms with van der Waals surface area (Å²) in [6.07, 6.45) is 4.97. The number of piperidine rings is 1. The molecule has 1 aliphatic rings. The summed E-state index contributed by atoms with van der Waals surface area (Å²) < 4.78 is 0. The summed E-state index contributed by atoms with van der Waals surface area (Å²) in [6, 6.07) is 0. The summed E-state index contributed by atoms with van der Waals surface area (Å²) in [5.41, 5.74) is 0. The van der Waals surface area contributed by atoms with Gasteiger partial charge in [0.1, 0.15) is 0 Å². The van der Waals surface area contributed by atoms with Crippen molar-refractivity contribution in [1.29, 1.82) is 0 Å². The van der Waals surface area contributed by atoms with Crippen LogP contribution in [0.2, 0.25) is 0 Å². The van der Waals surface area contributed by atoms with Crippen LogP contribution in [0, 0.1) is 5.92 Å². The predicted molar refractivity (Wildman–Crippen MR) is 74.0 cm³/mol. The Morgan fingerprint density at radius 2 is 2.16 bits per heavy atom. The third kappa shape index (κ3) is 6.57. The van der Waals surface area contributed by atoms with Gasteiger partial charge in [-0.1, -0.05) is 13.3 Å². The van der Waals surface area contributed by atoms with Crippen molar-refractivity contribution in [2.45, 2.75) is 45.4 Å². The van der Waals surface area contributed by atoms with E-state index in [9.17, 15) is 9.59 Å². The number of likely N-dealkylation sites (tertiary alicyclic amines) is 1. The van der Waals surface area contributed by atoms with E-state index < -0.39 is 5.97 Å². The molecule has 1 rings (SSSR count). The summed E-state index contributed by atoms with van der Waals surface area (Å²) in [7, 11) is 0. The average Bonchev–Trinajstić information content (AvgIpc) is 2.39. The Morgan fingerprint density at radius 3 is 2.84 bits per heavy atom. The van der Waals surface area contributed by atoms with Crippen LogP contribution < -0.4 is 5.32 Å². The quantitative estimate of drug-likeness (QED) is 0.655. The van der Waals surface area contributed by atoms with Crippen molar-refractivity contribution in [3.63, 3.8) is 0 Å². The summed E-state index contributed by atoms with van der Waals surface area (Å²) in [4.78, 5) is 24.7. The number of carbonyl (C=O) groups is 2. The number of aliphatic carboxylic acids is 1. The van der Waals surface area contributed by atoms with Gasteiger partial charge in [-0.15, -0.1) is 0 Å². The van der Waals surface area contributed by atoms with Gasteiger partial charge >= 0.3 is 5.97 Å². The summed E-state index contributed by atoms with van der Waals surface area (Å²) in [5.74, 6) is -0.502. The van der Waals surface area contributed by atoms with E-state index in [2.05, 4.69) is 17.1 Å². The fourth-order valence-corrected chi connectivity index (χ4v) is 2.46. The van der Waals surface area contributed by atoms with E-state index in [0.29, 0.717) is 6.42 Å². The third-order valence-electron chi connectivity index (χ3n) is 3.57. The second kappa shape index (κ2) is 8.91. The van der Waals surface area contributed by atoms with Crippen LogP contribution in [0.15, 0.2) is 0 Å². The van der Waals surface area contributed by atoms with Crippen molar-refractivity contribution >= 4 is 11.9 Å². The minimum absolute atomic E-state index is 0.0791. The van der Waals surface area contributed by atoms with Crippen LogP contribution in [-0.4, -0.2) is 48.1 Å². The molecule has 0 bridgehead atoms. The van der Waals surface area contributed by atoms with Crippen LogP contribution in [0.25, 0.3) is 0 Å². The molecule has 1 amide bonds. The Balaban J connectivity index is 2.24. The number of hydrogen-bond acceptors (Lipinski definition) is 3. The first-order chi connectivity index (χ1) is 9.13. The number of carboxylic acids is 1. The Kier molecular flexibility index (Phi) is 7.48. The zero-order valence-corrected chi connectivity index (χ0v) is 11.9. The Hall–Kier alpha value is -1.10. The van der Waals surface area contributed by atoms with Gasteiger partial charge in [-0.2, -0.15) is 0 Å². The standard InChI is InChI=1S/C14H26N2O3/c1-2-3-8-15-14(19)12-6-4-9-16(11-12)10-5-7-13(17)18/h12H,2-11H2,1H3,(H,15,19)(H,17,18). The Bertz CT molecular complexity index is 294. The number of rotatable bonds is 8. The number of carbonyl (C=O) groups excluding carboxylic acids is 1. The molecule has 1 atom stereocenters. The maximum atomic E-state index is 12.0. The van der Waals surface area contributed by atoms with E-state index in [1.807, 2.05) is 0 Å².